The van der Waals surface area contributed by atoms with E-state index in [0.29, 0.717) is 17.5 Å². The molecule has 0 spiro atoms. The average molecular weight is 326 g/mol. The summed E-state index contributed by atoms with van der Waals surface area (Å²) in [6, 6.07) is 3.81. The molecule has 3 rings (SSSR count). The summed E-state index contributed by atoms with van der Waals surface area (Å²) < 4.78 is 11.1. The number of aromatic nitrogens is 3. The molecule has 1 fully saturated rings. The molecule has 0 amide bonds. The number of hydrogen-bond donors (Lipinski definition) is 1. The van der Waals surface area contributed by atoms with Crippen molar-refractivity contribution >= 4 is 12.4 Å². The first-order valence-corrected chi connectivity index (χ1v) is 7.05. The molecule has 0 saturated carbocycles. The largest absolute Gasteiger partial charge is 0.479 e. The van der Waals surface area contributed by atoms with Crippen LogP contribution in [0.5, 0.6) is 5.75 Å². The lowest BCUT2D eigenvalue weighted by atomic mass is 10.2. The summed E-state index contributed by atoms with van der Waals surface area (Å²) in [5.74, 6) is 1.86. The summed E-state index contributed by atoms with van der Waals surface area (Å²) in [5, 5.41) is 7.43. The number of ether oxygens (including phenoxy) is 1. The number of likely N-dealkylation sites (N-methyl/N-ethyl adjacent to an activating group) is 1. The molecular weight excluding hydrogens is 306 g/mol. The first-order valence-electron chi connectivity index (χ1n) is 7.05. The summed E-state index contributed by atoms with van der Waals surface area (Å²) in [6.07, 6.45) is 3.05. The molecule has 2 aromatic rings. The molecule has 2 aromatic heterocycles. The lowest BCUT2D eigenvalue weighted by Gasteiger charge is -2.30. The Morgan fingerprint density at radius 3 is 3.09 bits per heavy atom. The normalized spacial score (nSPS) is 20.2. The van der Waals surface area contributed by atoms with Gasteiger partial charge in [-0.1, -0.05) is 5.16 Å². The molecular formula is C14H20ClN5O2. The molecule has 0 radical (unpaired) electrons. The van der Waals surface area contributed by atoms with Crippen molar-refractivity contribution in [2.75, 3.05) is 26.7 Å². The smallest absolute Gasteiger partial charge is 0.267 e. The first-order chi connectivity index (χ1) is 10.2. The van der Waals surface area contributed by atoms with Crippen LogP contribution in [0.2, 0.25) is 0 Å². The van der Waals surface area contributed by atoms with E-state index in [4.69, 9.17) is 9.26 Å². The number of hydrogen-bond acceptors (Lipinski definition) is 7. The highest BCUT2D eigenvalue weighted by molar-refractivity contribution is 5.85. The van der Waals surface area contributed by atoms with Gasteiger partial charge in [0.05, 0.1) is 12.2 Å². The number of pyridine rings is 1. The van der Waals surface area contributed by atoms with Crippen molar-refractivity contribution in [3.63, 3.8) is 0 Å². The lowest BCUT2D eigenvalue weighted by molar-refractivity contribution is 0.173. The molecule has 1 aliphatic heterocycles. The second-order valence-electron chi connectivity index (χ2n) is 5.14. The van der Waals surface area contributed by atoms with Crippen molar-refractivity contribution in [1.82, 2.24) is 25.3 Å². The van der Waals surface area contributed by atoms with Crippen LogP contribution in [0.4, 0.5) is 0 Å². The van der Waals surface area contributed by atoms with Gasteiger partial charge in [0, 0.05) is 25.8 Å². The van der Waals surface area contributed by atoms with Crippen LogP contribution in [0.25, 0.3) is 0 Å². The van der Waals surface area contributed by atoms with E-state index in [2.05, 4.69) is 32.4 Å². The Labute approximate surface area is 135 Å². The highest BCUT2D eigenvalue weighted by Crippen LogP contribution is 2.22. The van der Waals surface area contributed by atoms with E-state index in [1.165, 1.54) is 0 Å². The van der Waals surface area contributed by atoms with Gasteiger partial charge in [-0.05, 0) is 26.1 Å². The zero-order valence-corrected chi connectivity index (χ0v) is 13.4. The fourth-order valence-electron chi connectivity index (χ4n) is 2.31. The molecule has 3 heterocycles. The first kappa shape index (κ1) is 16.7. The number of piperazine rings is 1. The Bertz CT molecular complexity index is 580. The van der Waals surface area contributed by atoms with E-state index < -0.39 is 0 Å². The topological polar surface area (TPSA) is 76.3 Å². The zero-order chi connectivity index (χ0) is 14.7. The van der Waals surface area contributed by atoms with Crippen LogP contribution < -0.4 is 10.1 Å². The van der Waals surface area contributed by atoms with Gasteiger partial charge in [0.2, 0.25) is 0 Å². The second kappa shape index (κ2) is 7.53. The monoisotopic (exact) mass is 325 g/mol. The molecule has 7 nitrogen and oxygen atoms in total. The van der Waals surface area contributed by atoms with Crippen LogP contribution in [0, 0.1) is 0 Å². The Kier molecular flexibility index (Phi) is 5.70. The summed E-state index contributed by atoms with van der Waals surface area (Å²) in [6.45, 7) is 4.66. The average Bonchev–Trinajstić information content (AvgIpc) is 2.98. The van der Waals surface area contributed by atoms with Crippen LogP contribution in [-0.2, 0) is 0 Å². The minimum atomic E-state index is -0.308. The quantitative estimate of drug-likeness (QED) is 0.915. The van der Waals surface area contributed by atoms with Crippen LogP contribution in [0.15, 0.2) is 29.0 Å². The van der Waals surface area contributed by atoms with Crippen LogP contribution in [0.1, 0.15) is 30.8 Å². The Morgan fingerprint density at radius 2 is 2.36 bits per heavy atom. The predicted octanol–water partition coefficient (Wildman–Crippen LogP) is 1.60. The molecule has 1 aliphatic rings. The highest BCUT2D eigenvalue weighted by Gasteiger charge is 2.26. The second-order valence-corrected chi connectivity index (χ2v) is 5.14. The SMILES string of the molecule is CC(Oc1cccnc1)c1nc(C2CNCCN2C)no1.Cl. The van der Waals surface area contributed by atoms with Gasteiger partial charge in [0.15, 0.2) is 11.9 Å². The summed E-state index contributed by atoms with van der Waals surface area (Å²) in [4.78, 5) is 10.7. The standard InChI is InChI=1S/C14H19N5O2.ClH/c1-10(20-11-4-3-5-15-8-11)14-17-13(18-21-14)12-9-16-6-7-19(12)2;/h3-5,8,10,12,16H,6-7,9H2,1-2H3;1H. The van der Waals surface area contributed by atoms with Crippen LogP contribution in [-0.4, -0.2) is 46.7 Å². The highest BCUT2D eigenvalue weighted by atomic mass is 35.5. The van der Waals surface area contributed by atoms with E-state index in [9.17, 15) is 0 Å². The van der Waals surface area contributed by atoms with E-state index >= 15 is 0 Å². The number of rotatable bonds is 4. The minimum absolute atomic E-state index is 0. The van der Waals surface area contributed by atoms with Gasteiger partial charge in [0.25, 0.3) is 5.89 Å². The third-order valence-electron chi connectivity index (χ3n) is 3.56. The van der Waals surface area contributed by atoms with Crippen molar-refractivity contribution in [3.05, 3.63) is 36.2 Å². The molecule has 22 heavy (non-hydrogen) atoms. The van der Waals surface area contributed by atoms with Crippen molar-refractivity contribution < 1.29 is 9.26 Å². The van der Waals surface area contributed by atoms with Crippen molar-refractivity contribution in [3.8, 4) is 5.75 Å². The molecule has 120 valence electrons. The van der Waals surface area contributed by atoms with Gasteiger partial charge >= 0.3 is 0 Å². The van der Waals surface area contributed by atoms with Gasteiger partial charge < -0.3 is 14.6 Å². The summed E-state index contributed by atoms with van der Waals surface area (Å²) in [5.41, 5.74) is 0. The third-order valence-corrected chi connectivity index (χ3v) is 3.56. The van der Waals surface area contributed by atoms with Crippen LogP contribution in [0.3, 0.4) is 0 Å². The molecule has 2 unspecified atom stereocenters. The van der Waals surface area contributed by atoms with E-state index in [1.54, 1.807) is 12.4 Å². The Morgan fingerprint density at radius 1 is 1.50 bits per heavy atom. The fourth-order valence-corrected chi connectivity index (χ4v) is 2.31. The molecule has 8 heteroatoms. The van der Waals surface area contributed by atoms with Crippen LogP contribution >= 0.6 is 12.4 Å². The predicted molar refractivity (Wildman–Crippen MR) is 83.1 cm³/mol. The van der Waals surface area contributed by atoms with Gasteiger partial charge in [0.1, 0.15) is 5.75 Å². The molecule has 1 saturated heterocycles. The number of halogens is 1. The van der Waals surface area contributed by atoms with Gasteiger partial charge in [-0.3, -0.25) is 9.88 Å². The maximum absolute atomic E-state index is 5.74. The number of nitrogens with one attached hydrogen (secondary N) is 1. The molecule has 0 aromatic carbocycles. The maximum atomic E-state index is 5.74. The van der Waals surface area contributed by atoms with Gasteiger partial charge in [-0.25, -0.2) is 0 Å². The maximum Gasteiger partial charge on any atom is 0.267 e. The summed E-state index contributed by atoms with van der Waals surface area (Å²) in [7, 11) is 2.07. The third kappa shape index (κ3) is 3.73. The van der Waals surface area contributed by atoms with E-state index in [0.717, 1.165) is 19.6 Å². The molecule has 0 bridgehead atoms. The lowest BCUT2D eigenvalue weighted by Crippen LogP contribution is -2.44. The van der Waals surface area contributed by atoms with Crippen molar-refractivity contribution in [2.45, 2.75) is 19.1 Å². The molecule has 0 aliphatic carbocycles. The zero-order valence-electron chi connectivity index (χ0n) is 12.6. The molecule has 1 N–H and O–H groups in total. The van der Waals surface area contributed by atoms with Gasteiger partial charge in [-0.15, -0.1) is 12.4 Å². The summed E-state index contributed by atoms with van der Waals surface area (Å²) >= 11 is 0. The van der Waals surface area contributed by atoms with E-state index in [-0.39, 0.29) is 24.6 Å². The van der Waals surface area contributed by atoms with E-state index in [1.807, 2.05) is 19.1 Å². The van der Waals surface area contributed by atoms with Gasteiger partial charge in [-0.2, -0.15) is 4.98 Å². The minimum Gasteiger partial charge on any atom is -0.479 e. The Balaban J connectivity index is 0.00000176. The van der Waals surface area contributed by atoms with Crippen molar-refractivity contribution in [2.24, 2.45) is 0 Å². The molecule has 2 atom stereocenters. The fraction of sp³-hybridized carbons (Fsp3) is 0.500. The Hall–Kier alpha value is -1.70. The number of nitrogens with zero attached hydrogens (tertiary/aromatic N) is 4. The van der Waals surface area contributed by atoms with Crippen molar-refractivity contribution in [1.29, 1.82) is 0 Å².